The smallest absolute Gasteiger partial charge is 0.338 e. The van der Waals surface area contributed by atoms with E-state index in [0.717, 1.165) is 11.1 Å². The van der Waals surface area contributed by atoms with Crippen molar-refractivity contribution in [2.75, 3.05) is 6.61 Å². The Hall–Kier alpha value is -2.61. The van der Waals surface area contributed by atoms with Crippen LogP contribution in [0.3, 0.4) is 0 Å². The van der Waals surface area contributed by atoms with Crippen molar-refractivity contribution < 1.29 is 9.53 Å². The maximum atomic E-state index is 12.2. The molecule has 0 unspecified atom stereocenters. The predicted molar refractivity (Wildman–Crippen MR) is 86.5 cm³/mol. The number of benzene rings is 2. The normalized spacial score (nSPS) is 11.0. The van der Waals surface area contributed by atoms with E-state index < -0.39 is 0 Å². The van der Waals surface area contributed by atoms with E-state index in [1.807, 2.05) is 66.7 Å². The largest absolute Gasteiger partial charge is 0.462 e. The minimum atomic E-state index is -0.352. The van der Waals surface area contributed by atoms with Gasteiger partial charge in [-0.2, -0.15) is 0 Å². The standard InChI is InChI=1S/C19H18O2/c1-3-21-19(20)18(14-16-10-6-4-7-11-16)15(2)17-12-8-5-9-13-17/h4-14H,2-3H2,1H3/b18-14-. The Bertz CT molecular complexity index is 640. The molecule has 2 aromatic rings. The molecule has 0 aliphatic rings. The molecule has 0 radical (unpaired) electrons. The number of hydrogen-bond donors (Lipinski definition) is 0. The van der Waals surface area contributed by atoms with Crippen molar-refractivity contribution in [3.63, 3.8) is 0 Å². The molecule has 2 heteroatoms. The van der Waals surface area contributed by atoms with Crippen LogP contribution < -0.4 is 0 Å². The van der Waals surface area contributed by atoms with Crippen LogP contribution in [-0.4, -0.2) is 12.6 Å². The minimum absolute atomic E-state index is 0.340. The van der Waals surface area contributed by atoms with Gasteiger partial charge in [0.05, 0.1) is 12.2 Å². The number of ether oxygens (including phenoxy) is 1. The van der Waals surface area contributed by atoms with Gasteiger partial charge in [0.15, 0.2) is 0 Å². The molecule has 2 rings (SSSR count). The van der Waals surface area contributed by atoms with Crippen molar-refractivity contribution in [2.24, 2.45) is 0 Å². The fourth-order valence-corrected chi connectivity index (χ4v) is 1.99. The molecule has 0 spiro atoms. The summed E-state index contributed by atoms with van der Waals surface area (Å²) < 4.78 is 5.15. The monoisotopic (exact) mass is 278 g/mol. The molecular weight excluding hydrogens is 260 g/mol. The molecule has 106 valence electrons. The molecule has 0 saturated carbocycles. The first-order valence-electron chi connectivity index (χ1n) is 6.91. The molecule has 0 amide bonds. The van der Waals surface area contributed by atoms with E-state index >= 15 is 0 Å². The lowest BCUT2D eigenvalue weighted by Gasteiger charge is -2.10. The summed E-state index contributed by atoms with van der Waals surface area (Å²) in [6.07, 6.45) is 1.81. The van der Waals surface area contributed by atoms with Gasteiger partial charge in [-0.05, 0) is 29.7 Å². The third-order valence-corrected chi connectivity index (χ3v) is 3.05. The molecule has 0 aliphatic heterocycles. The highest BCUT2D eigenvalue weighted by molar-refractivity contribution is 6.09. The predicted octanol–water partition coefficient (Wildman–Crippen LogP) is 4.35. The first-order valence-corrected chi connectivity index (χ1v) is 6.91. The Balaban J connectivity index is 2.40. The highest BCUT2D eigenvalue weighted by atomic mass is 16.5. The first-order chi connectivity index (χ1) is 10.2. The van der Waals surface area contributed by atoms with Crippen LogP contribution in [0.4, 0.5) is 0 Å². The van der Waals surface area contributed by atoms with E-state index in [0.29, 0.717) is 17.8 Å². The summed E-state index contributed by atoms with van der Waals surface area (Å²) in [6.45, 7) is 6.19. The summed E-state index contributed by atoms with van der Waals surface area (Å²) in [4.78, 5) is 12.2. The first kappa shape index (κ1) is 14.8. The Morgan fingerprint density at radius 2 is 1.62 bits per heavy atom. The molecular formula is C19H18O2. The van der Waals surface area contributed by atoms with Crippen LogP contribution in [0.5, 0.6) is 0 Å². The zero-order chi connectivity index (χ0) is 15.1. The zero-order valence-electron chi connectivity index (χ0n) is 12.1. The molecule has 0 fully saturated rings. The van der Waals surface area contributed by atoms with Crippen LogP contribution in [0.25, 0.3) is 11.6 Å². The lowest BCUT2D eigenvalue weighted by molar-refractivity contribution is -0.137. The Labute approximate surface area is 125 Å². The molecule has 0 aliphatic carbocycles. The van der Waals surface area contributed by atoms with Gasteiger partial charge in [-0.1, -0.05) is 67.2 Å². The highest BCUT2D eigenvalue weighted by Crippen LogP contribution is 2.24. The molecule has 21 heavy (non-hydrogen) atoms. The van der Waals surface area contributed by atoms with Gasteiger partial charge in [0, 0.05) is 0 Å². The van der Waals surface area contributed by atoms with Gasteiger partial charge >= 0.3 is 5.97 Å². The van der Waals surface area contributed by atoms with E-state index in [1.165, 1.54) is 0 Å². The molecule has 0 saturated heterocycles. The summed E-state index contributed by atoms with van der Waals surface area (Å²) in [6, 6.07) is 19.3. The van der Waals surface area contributed by atoms with Crippen LogP contribution in [0.2, 0.25) is 0 Å². The van der Waals surface area contributed by atoms with Crippen LogP contribution in [0.15, 0.2) is 72.8 Å². The van der Waals surface area contributed by atoms with Crippen LogP contribution in [-0.2, 0) is 9.53 Å². The number of carbonyl (C=O) groups is 1. The summed E-state index contributed by atoms with van der Waals surface area (Å²) in [5, 5.41) is 0. The van der Waals surface area contributed by atoms with Gasteiger partial charge in [-0.15, -0.1) is 0 Å². The van der Waals surface area contributed by atoms with Crippen molar-refractivity contribution in [2.45, 2.75) is 6.92 Å². The van der Waals surface area contributed by atoms with Gasteiger partial charge in [0.25, 0.3) is 0 Å². The van der Waals surface area contributed by atoms with E-state index in [4.69, 9.17) is 4.74 Å². The molecule has 0 aromatic heterocycles. The van der Waals surface area contributed by atoms with Crippen molar-refractivity contribution in [1.82, 2.24) is 0 Å². The number of esters is 1. The third kappa shape index (κ3) is 3.93. The van der Waals surface area contributed by atoms with Crippen molar-refractivity contribution in [3.05, 3.63) is 83.9 Å². The Kier molecular flexibility index (Phi) is 5.10. The van der Waals surface area contributed by atoms with Crippen LogP contribution in [0.1, 0.15) is 18.1 Å². The molecule has 2 nitrogen and oxygen atoms in total. The van der Waals surface area contributed by atoms with E-state index in [2.05, 4.69) is 6.58 Å². The summed E-state index contributed by atoms with van der Waals surface area (Å²) in [5.74, 6) is -0.352. The lowest BCUT2D eigenvalue weighted by atomic mass is 9.97. The van der Waals surface area contributed by atoms with Crippen molar-refractivity contribution in [1.29, 1.82) is 0 Å². The molecule has 2 aromatic carbocycles. The summed E-state index contributed by atoms with van der Waals surface area (Å²) in [5.41, 5.74) is 3.00. The maximum absolute atomic E-state index is 12.2. The van der Waals surface area contributed by atoms with E-state index in [1.54, 1.807) is 6.92 Å². The Morgan fingerprint density at radius 3 is 2.19 bits per heavy atom. The fourth-order valence-electron chi connectivity index (χ4n) is 1.99. The molecule has 0 heterocycles. The van der Waals surface area contributed by atoms with Crippen molar-refractivity contribution in [3.8, 4) is 0 Å². The van der Waals surface area contributed by atoms with Crippen molar-refractivity contribution >= 4 is 17.6 Å². The third-order valence-electron chi connectivity index (χ3n) is 3.05. The SMILES string of the molecule is C=C(/C(=C/c1ccccc1)C(=O)OCC)c1ccccc1. The van der Waals surface area contributed by atoms with E-state index in [-0.39, 0.29) is 5.97 Å². The Morgan fingerprint density at radius 1 is 1.05 bits per heavy atom. The number of rotatable bonds is 5. The average Bonchev–Trinajstić information content (AvgIpc) is 2.54. The van der Waals surface area contributed by atoms with Gasteiger partial charge < -0.3 is 4.74 Å². The van der Waals surface area contributed by atoms with Crippen LogP contribution in [0, 0.1) is 0 Å². The van der Waals surface area contributed by atoms with Gasteiger partial charge in [0.1, 0.15) is 0 Å². The zero-order valence-corrected chi connectivity index (χ0v) is 12.1. The van der Waals surface area contributed by atoms with Gasteiger partial charge in [-0.3, -0.25) is 0 Å². The highest BCUT2D eigenvalue weighted by Gasteiger charge is 2.15. The second kappa shape index (κ2) is 7.25. The second-order valence-electron chi connectivity index (χ2n) is 4.53. The average molecular weight is 278 g/mol. The summed E-state index contributed by atoms with van der Waals surface area (Å²) in [7, 11) is 0. The van der Waals surface area contributed by atoms with Gasteiger partial charge in [-0.25, -0.2) is 4.79 Å². The van der Waals surface area contributed by atoms with Crippen LogP contribution >= 0.6 is 0 Å². The molecule has 0 N–H and O–H groups in total. The quantitative estimate of drug-likeness (QED) is 0.462. The second-order valence-corrected chi connectivity index (χ2v) is 4.53. The van der Waals surface area contributed by atoms with E-state index in [9.17, 15) is 4.79 Å². The lowest BCUT2D eigenvalue weighted by Crippen LogP contribution is -2.09. The van der Waals surface area contributed by atoms with Gasteiger partial charge in [0.2, 0.25) is 0 Å². The molecule has 0 bridgehead atoms. The number of carbonyl (C=O) groups excluding carboxylic acids is 1. The fraction of sp³-hybridized carbons (Fsp3) is 0.105. The summed E-state index contributed by atoms with van der Waals surface area (Å²) >= 11 is 0. The molecule has 0 atom stereocenters. The topological polar surface area (TPSA) is 26.3 Å². The maximum Gasteiger partial charge on any atom is 0.338 e. The minimum Gasteiger partial charge on any atom is -0.462 e. The number of hydrogen-bond acceptors (Lipinski definition) is 2.